The van der Waals surface area contributed by atoms with Gasteiger partial charge in [-0.15, -0.1) is 0 Å². The normalized spacial score (nSPS) is 19.3. The molecular weight excluding hydrogens is 350 g/mol. The lowest BCUT2D eigenvalue weighted by Crippen LogP contribution is -2.57. The van der Waals surface area contributed by atoms with Crippen molar-refractivity contribution in [3.8, 4) is 0 Å². The van der Waals surface area contributed by atoms with Gasteiger partial charge >= 0.3 is 0 Å². The van der Waals surface area contributed by atoms with E-state index in [4.69, 9.17) is 4.98 Å². The summed E-state index contributed by atoms with van der Waals surface area (Å²) in [6.07, 6.45) is 6.76. The number of carbonyl (C=O) groups is 1. The number of imidazole rings is 1. The van der Waals surface area contributed by atoms with E-state index < -0.39 is 0 Å². The molecule has 28 heavy (non-hydrogen) atoms. The maximum atomic E-state index is 13.3. The minimum absolute atomic E-state index is 0.0299. The van der Waals surface area contributed by atoms with Crippen LogP contribution in [0.3, 0.4) is 0 Å². The third kappa shape index (κ3) is 2.44. The third-order valence-corrected chi connectivity index (χ3v) is 6.81. The van der Waals surface area contributed by atoms with Crippen molar-refractivity contribution in [1.82, 2.24) is 24.3 Å². The molecule has 2 aliphatic rings. The highest BCUT2D eigenvalue weighted by atomic mass is 16.2. The lowest BCUT2D eigenvalue weighted by atomic mass is 9.78. The van der Waals surface area contributed by atoms with E-state index in [0.717, 1.165) is 61.9 Å². The van der Waals surface area contributed by atoms with Crippen molar-refractivity contribution in [2.45, 2.75) is 31.7 Å². The maximum absolute atomic E-state index is 13.3. The molecule has 2 aliphatic heterocycles. The smallest absolute Gasteiger partial charge is 0.254 e. The van der Waals surface area contributed by atoms with E-state index in [1.54, 1.807) is 0 Å². The fraction of sp³-hybridized carbons (Fsp3) is 0.455. The van der Waals surface area contributed by atoms with Crippen molar-refractivity contribution >= 4 is 16.8 Å². The summed E-state index contributed by atoms with van der Waals surface area (Å²) in [4.78, 5) is 26.0. The predicted octanol–water partition coefficient (Wildman–Crippen LogP) is 2.91. The van der Waals surface area contributed by atoms with Gasteiger partial charge in [0.05, 0.1) is 17.6 Å². The van der Waals surface area contributed by atoms with Gasteiger partial charge in [0.2, 0.25) is 0 Å². The molecule has 0 bridgehead atoms. The first kappa shape index (κ1) is 17.5. The first-order chi connectivity index (χ1) is 13.6. The van der Waals surface area contributed by atoms with Crippen LogP contribution in [-0.2, 0) is 19.0 Å². The second-order valence-corrected chi connectivity index (χ2v) is 8.05. The average Bonchev–Trinajstić information content (AvgIpc) is 3.36. The van der Waals surface area contributed by atoms with Gasteiger partial charge in [0.15, 0.2) is 0 Å². The Kier molecular flexibility index (Phi) is 4.05. The summed E-state index contributed by atoms with van der Waals surface area (Å²) in [5.74, 6) is 0.146. The van der Waals surface area contributed by atoms with Crippen molar-refractivity contribution in [2.75, 3.05) is 26.2 Å². The lowest BCUT2D eigenvalue weighted by Gasteiger charge is -2.50. The molecule has 1 saturated heterocycles. The number of aromatic nitrogens is 3. The van der Waals surface area contributed by atoms with Gasteiger partial charge in [-0.05, 0) is 37.6 Å². The number of likely N-dealkylation sites (tertiary alicyclic amines) is 1. The predicted molar refractivity (Wildman–Crippen MR) is 109 cm³/mol. The monoisotopic (exact) mass is 377 g/mol. The number of rotatable bonds is 2. The Morgan fingerprint density at radius 3 is 2.82 bits per heavy atom. The Balaban J connectivity index is 1.42. The molecule has 1 N–H and O–H groups in total. The Morgan fingerprint density at radius 1 is 1.21 bits per heavy atom. The molecule has 6 heteroatoms. The fourth-order valence-electron chi connectivity index (χ4n) is 5.28. The zero-order valence-corrected chi connectivity index (χ0v) is 16.6. The van der Waals surface area contributed by atoms with Crippen LogP contribution >= 0.6 is 0 Å². The molecule has 0 atom stereocenters. The van der Waals surface area contributed by atoms with Gasteiger partial charge in [-0.2, -0.15) is 0 Å². The number of benzene rings is 1. The molecule has 2 aromatic heterocycles. The molecule has 0 saturated carbocycles. The number of fused-ring (bicyclic) bond motifs is 3. The van der Waals surface area contributed by atoms with Crippen molar-refractivity contribution in [3.63, 3.8) is 0 Å². The van der Waals surface area contributed by atoms with Gasteiger partial charge in [0.25, 0.3) is 5.91 Å². The summed E-state index contributed by atoms with van der Waals surface area (Å²) in [6.45, 7) is 5.84. The highest BCUT2D eigenvalue weighted by molar-refractivity contribution is 6.06. The molecule has 4 heterocycles. The number of nitrogens with one attached hydrogen (secondary N) is 1. The summed E-state index contributed by atoms with van der Waals surface area (Å²) in [6, 6.07) is 8.05. The highest BCUT2D eigenvalue weighted by Gasteiger charge is 2.46. The molecule has 1 fully saturated rings. The zero-order valence-electron chi connectivity index (χ0n) is 16.6. The molecular formula is C22H27N5O. The number of nitrogens with zero attached hydrogens (tertiary/aromatic N) is 4. The Hall–Kier alpha value is -2.60. The fourth-order valence-corrected chi connectivity index (χ4v) is 5.28. The summed E-state index contributed by atoms with van der Waals surface area (Å²) in [5, 5.41) is 1.04. The van der Waals surface area contributed by atoms with E-state index >= 15 is 0 Å². The van der Waals surface area contributed by atoms with Gasteiger partial charge in [0.1, 0.15) is 0 Å². The van der Waals surface area contributed by atoms with E-state index in [1.807, 2.05) is 42.7 Å². The number of aromatic amines is 1. The van der Waals surface area contributed by atoms with Crippen LogP contribution in [0.4, 0.5) is 0 Å². The molecule has 0 aliphatic carbocycles. The van der Waals surface area contributed by atoms with Crippen LogP contribution < -0.4 is 0 Å². The van der Waals surface area contributed by atoms with Gasteiger partial charge < -0.3 is 14.5 Å². The minimum Gasteiger partial charge on any atom is -0.351 e. The first-order valence-corrected chi connectivity index (χ1v) is 10.2. The number of H-pyrrole nitrogens is 1. The summed E-state index contributed by atoms with van der Waals surface area (Å²) >= 11 is 0. The van der Waals surface area contributed by atoms with E-state index in [2.05, 4.69) is 27.4 Å². The first-order valence-electron chi connectivity index (χ1n) is 10.2. The average molecular weight is 377 g/mol. The second-order valence-electron chi connectivity index (χ2n) is 8.05. The standard InChI is InChI=1S/C22H27N5O/c1-3-27-12-8-18-20(24-15-23-18)22(27)9-13-26(14-10-22)21(28)17-5-4-6-19-16(17)7-11-25(19)2/h4-7,11,15H,3,8-10,12-14H2,1-2H3,(H,23,24). The summed E-state index contributed by atoms with van der Waals surface area (Å²) in [5.41, 5.74) is 4.37. The van der Waals surface area contributed by atoms with Crippen molar-refractivity contribution in [3.05, 3.63) is 53.7 Å². The van der Waals surface area contributed by atoms with Crippen LogP contribution in [-0.4, -0.2) is 56.4 Å². The Morgan fingerprint density at radius 2 is 2.04 bits per heavy atom. The molecule has 1 spiro atoms. The van der Waals surface area contributed by atoms with Crippen molar-refractivity contribution in [1.29, 1.82) is 0 Å². The van der Waals surface area contributed by atoms with Crippen LogP contribution in [0.25, 0.3) is 10.9 Å². The molecule has 1 aromatic carbocycles. The highest BCUT2D eigenvalue weighted by Crippen LogP contribution is 2.42. The number of likely N-dealkylation sites (N-methyl/N-ethyl adjacent to an activating group) is 1. The molecule has 146 valence electrons. The Labute approximate surface area is 165 Å². The van der Waals surface area contributed by atoms with Crippen LogP contribution in [0, 0.1) is 0 Å². The molecule has 0 unspecified atom stereocenters. The van der Waals surface area contributed by atoms with Gasteiger partial charge in [-0.3, -0.25) is 9.69 Å². The number of carbonyl (C=O) groups excluding carboxylic acids is 1. The largest absolute Gasteiger partial charge is 0.351 e. The SMILES string of the molecule is CCN1CCc2[nH]cnc2C12CCN(C(=O)c1cccc3c1ccn3C)CC2. The maximum Gasteiger partial charge on any atom is 0.254 e. The van der Waals surface area contributed by atoms with Crippen LogP contribution in [0.1, 0.15) is 41.5 Å². The van der Waals surface area contributed by atoms with Gasteiger partial charge in [0, 0.05) is 61.5 Å². The lowest BCUT2D eigenvalue weighted by molar-refractivity contribution is 0.0103. The quantitative estimate of drug-likeness (QED) is 0.747. The van der Waals surface area contributed by atoms with E-state index in [-0.39, 0.29) is 11.4 Å². The van der Waals surface area contributed by atoms with Crippen molar-refractivity contribution in [2.24, 2.45) is 7.05 Å². The van der Waals surface area contributed by atoms with E-state index in [0.29, 0.717) is 0 Å². The number of hydrogen-bond donors (Lipinski definition) is 1. The number of piperidine rings is 1. The molecule has 1 amide bonds. The van der Waals surface area contributed by atoms with E-state index in [1.165, 1.54) is 11.4 Å². The Bertz CT molecular complexity index is 1020. The van der Waals surface area contributed by atoms with Crippen LogP contribution in [0.15, 0.2) is 36.8 Å². The van der Waals surface area contributed by atoms with Crippen LogP contribution in [0.2, 0.25) is 0 Å². The van der Waals surface area contributed by atoms with Gasteiger partial charge in [-0.1, -0.05) is 13.0 Å². The topological polar surface area (TPSA) is 57.2 Å². The number of amides is 1. The molecule has 5 rings (SSSR count). The van der Waals surface area contributed by atoms with Crippen LogP contribution in [0.5, 0.6) is 0 Å². The minimum atomic E-state index is -0.0299. The molecule has 0 radical (unpaired) electrons. The zero-order chi connectivity index (χ0) is 19.3. The van der Waals surface area contributed by atoms with Gasteiger partial charge in [-0.25, -0.2) is 4.98 Å². The van der Waals surface area contributed by atoms with Crippen molar-refractivity contribution < 1.29 is 4.79 Å². The number of hydrogen-bond acceptors (Lipinski definition) is 3. The molecule has 6 nitrogen and oxygen atoms in total. The van der Waals surface area contributed by atoms with E-state index in [9.17, 15) is 4.79 Å². The molecule has 3 aromatic rings. The number of aryl methyl sites for hydroxylation is 1. The third-order valence-electron chi connectivity index (χ3n) is 6.81. The summed E-state index contributed by atoms with van der Waals surface area (Å²) in [7, 11) is 2.02. The second kappa shape index (κ2) is 6.48. The summed E-state index contributed by atoms with van der Waals surface area (Å²) < 4.78 is 2.07.